The molecule has 2 aromatic heterocycles. The van der Waals surface area contributed by atoms with Crippen molar-refractivity contribution in [2.45, 2.75) is 39.2 Å². The van der Waals surface area contributed by atoms with Crippen LogP contribution in [0.15, 0.2) is 41.8 Å². The Morgan fingerprint density at radius 3 is 2.83 bits per heavy atom. The molecule has 24 heavy (non-hydrogen) atoms. The van der Waals surface area contributed by atoms with Gasteiger partial charge in [0.2, 0.25) is 0 Å². The number of nitrogens with one attached hydrogen (secondary N) is 2. The second kappa shape index (κ2) is 7.47. The first-order chi connectivity index (χ1) is 11.7. The summed E-state index contributed by atoms with van der Waals surface area (Å²) in [5, 5.41) is 11.1. The zero-order valence-electron chi connectivity index (χ0n) is 14.5. The molecule has 128 valence electrons. The van der Waals surface area contributed by atoms with Crippen molar-refractivity contribution in [1.29, 1.82) is 0 Å². The smallest absolute Gasteiger partial charge is 0.191 e. The predicted octanol–water partition coefficient (Wildman–Crippen LogP) is 2.51. The van der Waals surface area contributed by atoms with Crippen LogP contribution < -0.4 is 10.6 Å². The molecule has 0 amide bonds. The number of aromatic nitrogens is 3. The number of hydrogen-bond donors (Lipinski definition) is 2. The van der Waals surface area contributed by atoms with Crippen LogP contribution in [0.1, 0.15) is 38.2 Å². The van der Waals surface area contributed by atoms with Gasteiger partial charge in [-0.15, -0.1) is 0 Å². The summed E-state index contributed by atoms with van der Waals surface area (Å²) in [6.45, 7) is 3.98. The van der Waals surface area contributed by atoms with E-state index in [0.29, 0.717) is 12.0 Å². The van der Waals surface area contributed by atoms with Gasteiger partial charge in [-0.05, 0) is 48.4 Å². The number of rotatable bonds is 6. The monoisotopic (exact) mass is 326 g/mol. The number of nitrogens with zero attached hydrogens (tertiary/aromatic N) is 4. The Hall–Kier alpha value is -2.37. The van der Waals surface area contributed by atoms with E-state index < -0.39 is 0 Å². The Bertz CT molecular complexity index is 667. The zero-order chi connectivity index (χ0) is 16.8. The third kappa shape index (κ3) is 3.75. The molecule has 6 nitrogen and oxygen atoms in total. The molecular weight excluding hydrogens is 300 g/mol. The average molecular weight is 326 g/mol. The molecule has 3 rings (SSSR count). The van der Waals surface area contributed by atoms with E-state index in [1.54, 1.807) is 10.9 Å². The van der Waals surface area contributed by atoms with E-state index in [2.05, 4.69) is 32.6 Å². The van der Waals surface area contributed by atoms with Crippen LogP contribution in [0.25, 0.3) is 5.82 Å². The van der Waals surface area contributed by atoms with E-state index in [1.165, 1.54) is 25.7 Å². The van der Waals surface area contributed by atoms with Crippen molar-refractivity contribution in [3.8, 4) is 5.82 Å². The molecule has 0 unspecified atom stereocenters. The predicted molar refractivity (Wildman–Crippen MR) is 96.1 cm³/mol. The van der Waals surface area contributed by atoms with Gasteiger partial charge in [-0.25, -0.2) is 9.67 Å². The van der Waals surface area contributed by atoms with Crippen LogP contribution in [-0.2, 0) is 6.54 Å². The Kier molecular flexibility index (Phi) is 5.13. The minimum Gasteiger partial charge on any atom is -0.356 e. The standard InChI is InChI=1S/C18H26N6/c1-3-18(7-4-8-18)14-22-17(19-2)21-13-15-6-10-20-16(12-15)24-11-5-9-23-24/h5-6,9-12H,3-4,7-8,13-14H2,1-2H3,(H2,19,21,22). The minimum absolute atomic E-state index is 0.474. The quantitative estimate of drug-likeness (QED) is 0.632. The lowest BCUT2D eigenvalue weighted by atomic mass is 9.67. The third-order valence-electron chi connectivity index (χ3n) is 5.03. The first kappa shape index (κ1) is 16.5. The van der Waals surface area contributed by atoms with Gasteiger partial charge >= 0.3 is 0 Å². The maximum Gasteiger partial charge on any atom is 0.191 e. The topological polar surface area (TPSA) is 67.1 Å². The van der Waals surface area contributed by atoms with Crippen molar-refractivity contribution in [2.24, 2.45) is 10.4 Å². The highest BCUT2D eigenvalue weighted by Crippen LogP contribution is 2.42. The zero-order valence-corrected chi connectivity index (χ0v) is 14.5. The number of pyridine rings is 1. The van der Waals surface area contributed by atoms with E-state index in [-0.39, 0.29) is 0 Å². The lowest BCUT2D eigenvalue weighted by Crippen LogP contribution is -2.46. The van der Waals surface area contributed by atoms with E-state index >= 15 is 0 Å². The molecule has 1 fully saturated rings. The van der Waals surface area contributed by atoms with Crippen LogP contribution in [-0.4, -0.2) is 34.3 Å². The second-order valence-electron chi connectivity index (χ2n) is 6.46. The maximum atomic E-state index is 4.35. The van der Waals surface area contributed by atoms with Gasteiger partial charge in [-0.1, -0.05) is 13.3 Å². The highest BCUT2D eigenvalue weighted by atomic mass is 15.3. The van der Waals surface area contributed by atoms with Crippen LogP contribution in [0.3, 0.4) is 0 Å². The van der Waals surface area contributed by atoms with E-state index in [4.69, 9.17) is 0 Å². The highest BCUT2D eigenvalue weighted by Gasteiger charge is 2.34. The van der Waals surface area contributed by atoms with Gasteiger partial charge in [0.25, 0.3) is 0 Å². The molecule has 2 N–H and O–H groups in total. The first-order valence-electron chi connectivity index (χ1n) is 8.64. The summed E-state index contributed by atoms with van der Waals surface area (Å²) >= 11 is 0. The lowest BCUT2D eigenvalue weighted by molar-refractivity contribution is 0.131. The number of hydrogen-bond acceptors (Lipinski definition) is 3. The molecule has 0 radical (unpaired) electrons. The van der Waals surface area contributed by atoms with Gasteiger partial charge < -0.3 is 10.6 Å². The molecule has 0 aliphatic heterocycles. The Morgan fingerprint density at radius 2 is 2.21 bits per heavy atom. The van der Waals surface area contributed by atoms with Crippen LogP contribution in [0.2, 0.25) is 0 Å². The van der Waals surface area contributed by atoms with Gasteiger partial charge in [0, 0.05) is 38.7 Å². The van der Waals surface area contributed by atoms with Crippen molar-refractivity contribution >= 4 is 5.96 Å². The normalized spacial score (nSPS) is 16.5. The summed E-state index contributed by atoms with van der Waals surface area (Å²) < 4.78 is 1.76. The van der Waals surface area contributed by atoms with Crippen molar-refractivity contribution in [3.05, 3.63) is 42.4 Å². The maximum absolute atomic E-state index is 4.35. The average Bonchev–Trinajstić information content (AvgIpc) is 3.12. The SMILES string of the molecule is CCC1(CNC(=NC)NCc2ccnc(-n3cccn3)c2)CCC1. The molecule has 2 aromatic rings. The molecule has 0 spiro atoms. The second-order valence-corrected chi connectivity index (χ2v) is 6.46. The fourth-order valence-electron chi connectivity index (χ4n) is 3.11. The summed E-state index contributed by atoms with van der Waals surface area (Å²) in [5.74, 6) is 1.67. The summed E-state index contributed by atoms with van der Waals surface area (Å²) in [6, 6.07) is 5.93. The van der Waals surface area contributed by atoms with Crippen molar-refractivity contribution < 1.29 is 0 Å². The fraction of sp³-hybridized carbons (Fsp3) is 0.500. The van der Waals surface area contributed by atoms with Crippen molar-refractivity contribution in [3.63, 3.8) is 0 Å². The summed E-state index contributed by atoms with van der Waals surface area (Å²) in [4.78, 5) is 8.69. The fourth-order valence-corrected chi connectivity index (χ4v) is 3.11. The van der Waals surface area contributed by atoms with E-state index in [1.807, 2.05) is 37.6 Å². The van der Waals surface area contributed by atoms with E-state index in [0.717, 1.165) is 23.9 Å². The van der Waals surface area contributed by atoms with E-state index in [9.17, 15) is 0 Å². The lowest BCUT2D eigenvalue weighted by Gasteiger charge is -2.41. The minimum atomic E-state index is 0.474. The molecule has 0 aromatic carbocycles. The van der Waals surface area contributed by atoms with Gasteiger partial charge in [0.1, 0.15) is 0 Å². The summed E-state index contributed by atoms with van der Waals surface area (Å²) in [6.07, 6.45) is 10.7. The Morgan fingerprint density at radius 1 is 1.33 bits per heavy atom. The van der Waals surface area contributed by atoms with Crippen LogP contribution in [0.5, 0.6) is 0 Å². The third-order valence-corrected chi connectivity index (χ3v) is 5.03. The molecule has 1 aliphatic carbocycles. The molecule has 2 heterocycles. The summed E-state index contributed by atoms with van der Waals surface area (Å²) in [7, 11) is 1.82. The molecular formula is C18H26N6. The molecule has 1 aliphatic rings. The Balaban J connectivity index is 1.55. The molecule has 1 saturated carbocycles. The van der Waals surface area contributed by atoms with Gasteiger partial charge in [0.15, 0.2) is 11.8 Å². The highest BCUT2D eigenvalue weighted by molar-refractivity contribution is 5.79. The van der Waals surface area contributed by atoms with Crippen molar-refractivity contribution in [2.75, 3.05) is 13.6 Å². The largest absolute Gasteiger partial charge is 0.356 e. The summed E-state index contributed by atoms with van der Waals surface area (Å²) in [5.41, 5.74) is 1.62. The van der Waals surface area contributed by atoms with Gasteiger partial charge in [-0.3, -0.25) is 4.99 Å². The van der Waals surface area contributed by atoms with Crippen LogP contribution >= 0.6 is 0 Å². The van der Waals surface area contributed by atoms with Crippen molar-refractivity contribution in [1.82, 2.24) is 25.4 Å². The van der Waals surface area contributed by atoms with Crippen LogP contribution in [0.4, 0.5) is 0 Å². The number of aliphatic imine (C=N–C) groups is 1. The van der Waals surface area contributed by atoms with Gasteiger partial charge in [0.05, 0.1) is 0 Å². The number of guanidine groups is 1. The molecule has 0 bridgehead atoms. The molecule has 6 heteroatoms. The van der Waals surface area contributed by atoms with Crippen LogP contribution in [0, 0.1) is 5.41 Å². The molecule has 0 atom stereocenters. The Labute approximate surface area is 143 Å². The van der Waals surface area contributed by atoms with Gasteiger partial charge in [-0.2, -0.15) is 5.10 Å². The first-order valence-corrected chi connectivity index (χ1v) is 8.64. The molecule has 0 saturated heterocycles.